The van der Waals surface area contributed by atoms with Crippen molar-refractivity contribution in [2.45, 2.75) is 26.3 Å². The van der Waals surface area contributed by atoms with Crippen LogP contribution < -0.4 is 11.3 Å². The van der Waals surface area contributed by atoms with E-state index in [2.05, 4.69) is 58.5 Å². The highest BCUT2D eigenvalue weighted by atomic mass is 79.9. The van der Waals surface area contributed by atoms with Gasteiger partial charge < -0.3 is 0 Å². The summed E-state index contributed by atoms with van der Waals surface area (Å²) in [6, 6.07) is 6.60. The lowest BCUT2D eigenvalue weighted by atomic mass is 10.00. The fraction of sp³-hybridized carbons (Fsp3) is 0.357. The zero-order valence-electron chi connectivity index (χ0n) is 11.4. The van der Waals surface area contributed by atoms with E-state index in [0.29, 0.717) is 0 Å². The maximum Gasteiger partial charge on any atom is 0.0709 e. The van der Waals surface area contributed by atoms with E-state index in [-0.39, 0.29) is 6.04 Å². The number of hydrazine groups is 1. The molecule has 102 valence electrons. The van der Waals surface area contributed by atoms with E-state index >= 15 is 0 Å². The highest BCUT2D eigenvalue weighted by molar-refractivity contribution is 9.10. The van der Waals surface area contributed by atoms with E-state index in [1.807, 2.05) is 11.7 Å². The smallest absolute Gasteiger partial charge is 0.0709 e. The molecule has 0 saturated heterocycles. The normalized spacial score (nSPS) is 12.7. The minimum absolute atomic E-state index is 0.0306. The second kappa shape index (κ2) is 5.86. The van der Waals surface area contributed by atoms with Gasteiger partial charge in [-0.3, -0.25) is 16.0 Å². The van der Waals surface area contributed by atoms with Crippen molar-refractivity contribution in [1.82, 2.24) is 15.2 Å². The molecule has 1 unspecified atom stereocenters. The zero-order chi connectivity index (χ0) is 14.0. The molecule has 0 radical (unpaired) electrons. The van der Waals surface area contributed by atoms with E-state index in [0.717, 1.165) is 16.6 Å². The quantitative estimate of drug-likeness (QED) is 0.672. The minimum atomic E-state index is 0.0306. The highest BCUT2D eigenvalue weighted by Crippen LogP contribution is 2.25. The van der Waals surface area contributed by atoms with Gasteiger partial charge in [0.15, 0.2) is 0 Å². The lowest BCUT2D eigenvalue weighted by Crippen LogP contribution is -2.31. The highest BCUT2D eigenvalue weighted by Gasteiger charge is 2.18. The van der Waals surface area contributed by atoms with Crippen LogP contribution in [0, 0.1) is 13.8 Å². The average molecular weight is 323 g/mol. The first-order valence-electron chi connectivity index (χ1n) is 6.22. The first kappa shape index (κ1) is 14.2. The lowest BCUT2D eigenvalue weighted by molar-refractivity contribution is 0.506. The van der Waals surface area contributed by atoms with Crippen molar-refractivity contribution in [1.29, 1.82) is 0 Å². The number of nitrogens with zero attached hydrogens (tertiary/aromatic N) is 2. The van der Waals surface area contributed by atoms with Crippen LogP contribution in [0.2, 0.25) is 0 Å². The fourth-order valence-electron chi connectivity index (χ4n) is 2.47. The summed E-state index contributed by atoms with van der Waals surface area (Å²) in [5.74, 6) is 5.71. The Hall–Kier alpha value is -1.17. The Balaban J connectivity index is 2.29. The molecule has 0 spiro atoms. The molecule has 0 aliphatic heterocycles. The standard InChI is InChI=1S/C14H19BrN4/c1-9-4-10(2)6-11(5-9)7-13(18-16)14-12(15)8-17-19(14)3/h4-6,8,13,18H,7,16H2,1-3H3. The summed E-state index contributed by atoms with van der Waals surface area (Å²) >= 11 is 3.52. The maximum absolute atomic E-state index is 5.71. The molecule has 0 fully saturated rings. The van der Waals surface area contributed by atoms with Gasteiger partial charge in [-0.25, -0.2) is 0 Å². The monoisotopic (exact) mass is 322 g/mol. The maximum atomic E-state index is 5.71. The molecule has 1 aromatic carbocycles. The first-order chi connectivity index (χ1) is 9.01. The molecule has 19 heavy (non-hydrogen) atoms. The van der Waals surface area contributed by atoms with Crippen LogP contribution in [0.15, 0.2) is 28.9 Å². The van der Waals surface area contributed by atoms with E-state index in [1.54, 1.807) is 6.20 Å². The van der Waals surface area contributed by atoms with Crippen LogP contribution in [0.1, 0.15) is 28.4 Å². The van der Waals surface area contributed by atoms with Crippen LogP contribution in [0.5, 0.6) is 0 Å². The van der Waals surface area contributed by atoms with Crippen LogP contribution in [-0.4, -0.2) is 9.78 Å². The Labute approximate surface area is 122 Å². The number of rotatable bonds is 4. The van der Waals surface area contributed by atoms with E-state index < -0.39 is 0 Å². The molecule has 0 aliphatic rings. The van der Waals surface area contributed by atoms with Crippen LogP contribution in [0.4, 0.5) is 0 Å². The average Bonchev–Trinajstić information content (AvgIpc) is 2.65. The first-order valence-corrected chi connectivity index (χ1v) is 7.01. The Morgan fingerprint density at radius 1 is 1.32 bits per heavy atom. The van der Waals surface area contributed by atoms with Crippen molar-refractivity contribution < 1.29 is 0 Å². The molecule has 2 rings (SSSR count). The number of halogens is 1. The zero-order valence-corrected chi connectivity index (χ0v) is 13.0. The lowest BCUT2D eigenvalue weighted by Gasteiger charge is -2.18. The predicted octanol–water partition coefficient (Wildman–Crippen LogP) is 2.55. The summed E-state index contributed by atoms with van der Waals surface area (Å²) in [6.45, 7) is 4.22. The Kier molecular flexibility index (Phi) is 4.39. The van der Waals surface area contributed by atoms with Gasteiger partial charge in [0.1, 0.15) is 0 Å². The topological polar surface area (TPSA) is 55.9 Å². The molecule has 0 amide bonds. The summed E-state index contributed by atoms with van der Waals surface area (Å²) in [4.78, 5) is 0. The van der Waals surface area contributed by atoms with Crippen molar-refractivity contribution in [3.05, 3.63) is 51.3 Å². The molecule has 3 N–H and O–H groups in total. The summed E-state index contributed by atoms with van der Waals surface area (Å²) < 4.78 is 2.82. The Morgan fingerprint density at radius 2 is 1.95 bits per heavy atom. The molecule has 0 bridgehead atoms. The SMILES string of the molecule is Cc1cc(C)cc(CC(NN)c2c(Br)cnn2C)c1. The Morgan fingerprint density at radius 3 is 2.42 bits per heavy atom. The third kappa shape index (κ3) is 3.23. The van der Waals surface area contributed by atoms with Crippen LogP contribution in [0.3, 0.4) is 0 Å². The molecule has 2 aromatic rings. The van der Waals surface area contributed by atoms with Crippen molar-refractivity contribution in [3.63, 3.8) is 0 Å². The van der Waals surface area contributed by atoms with Gasteiger partial charge in [-0.05, 0) is 41.8 Å². The molecule has 0 aliphatic carbocycles. The molecule has 1 aromatic heterocycles. The molecular weight excluding hydrogens is 304 g/mol. The number of nitrogens with two attached hydrogens (primary N) is 1. The van der Waals surface area contributed by atoms with Crippen molar-refractivity contribution >= 4 is 15.9 Å². The number of hydrogen-bond acceptors (Lipinski definition) is 3. The molecule has 1 heterocycles. The van der Waals surface area contributed by atoms with Crippen LogP contribution >= 0.6 is 15.9 Å². The van der Waals surface area contributed by atoms with E-state index in [1.165, 1.54) is 16.7 Å². The van der Waals surface area contributed by atoms with Gasteiger partial charge >= 0.3 is 0 Å². The number of nitrogens with one attached hydrogen (secondary N) is 1. The van der Waals surface area contributed by atoms with Crippen molar-refractivity contribution in [2.75, 3.05) is 0 Å². The fourth-order valence-corrected chi connectivity index (χ4v) is 3.09. The predicted molar refractivity (Wildman–Crippen MR) is 80.6 cm³/mol. The summed E-state index contributed by atoms with van der Waals surface area (Å²) in [7, 11) is 1.92. The van der Waals surface area contributed by atoms with Gasteiger partial charge in [-0.15, -0.1) is 0 Å². The van der Waals surface area contributed by atoms with Gasteiger partial charge in [0.25, 0.3) is 0 Å². The summed E-state index contributed by atoms with van der Waals surface area (Å²) in [5.41, 5.74) is 7.76. The van der Waals surface area contributed by atoms with Crippen LogP contribution in [-0.2, 0) is 13.5 Å². The minimum Gasteiger partial charge on any atom is -0.271 e. The van der Waals surface area contributed by atoms with Gasteiger partial charge in [-0.2, -0.15) is 5.10 Å². The van der Waals surface area contributed by atoms with Crippen molar-refractivity contribution in [3.8, 4) is 0 Å². The number of aromatic nitrogens is 2. The van der Waals surface area contributed by atoms with Gasteiger partial charge in [0, 0.05) is 7.05 Å². The Bertz CT molecular complexity index is 537. The third-order valence-corrected chi connectivity index (χ3v) is 3.80. The summed E-state index contributed by atoms with van der Waals surface area (Å²) in [5, 5.41) is 4.24. The number of aryl methyl sites for hydroxylation is 3. The second-order valence-corrected chi connectivity index (χ2v) is 5.78. The number of hydrogen-bond donors (Lipinski definition) is 2. The van der Waals surface area contributed by atoms with E-state index in [4.69, 9.17) is 5.84 Å². The van der Waals surface area contributed by atoms with Crippen molar-refractivity contribution in [2.24, 2.45) is 12.9 Å². The molecule has 1 atom stereocenters. The third-order valence-electron chi connectivity index (χ3n) is 3.19. The molecule has 0 saturated carbocycles. The van der Waals surface area contributed by atoms with E-state index in [9.17, 15) is 0 Å². The second-order valence-electron chi connectivity index (χ2n) is 4.92. The van der Waals surface area contributed by atoms with Crippen LogP contribution in [0.25, 0.3) is 0 Å². The largest absolute Gasteiger partial charge is 0.271 e. The molecular formula is C14H19BrN4. The van der Waals surface area contributed by atoms with Gasteiger partial charge in [0.05, 0.1) is 22.4 Å². The number of benzene rings is 1. The summed E-state index contributed by atoms with van der Waals surface area (Å²) in [6.07, 6.45) is 2.62. The molecule has 4 nitrogen and oxygen atoms in total. The van der Waals surface area contributed by atoms with Gasteiger partial charge in [-0.1, -0.05) is 29.3 Å². The van der Waals surface area contributed by atoms with Gasteiger partial charge in [0.2, 0.25) is 0 Å². The molecule has 5 heteroatoms.